The van der Waals surface area contributed by atoms with Gasteiger partial charge in [-0.25, -0.2) is 10.0 Å². The lowest BCUT2D eigenvalue weighted by molar-refractivity contribution is -0.137. The van der Waals surface area contributed by atoms with Crippen molar-refractivity contribution in [1.82, 2.24) is 5.53 Å². The van der Waals surface area contributed by atoms with E-state index in [9.17, 15) is 18.0 Å². The van der Waals surface area contributed by atoms with E-state index in [1.54, 1.807) is 11.2 Å². The number of fused-ring (bicyclic) bond motifs is 3. The number of para-hydroxylation sites is 2. The number of rotatable bonds is 1. The smallest absolute Gasteiger partial charge is 0.412 e. The fourth-order valence-corrected chi connectivity index (χ4v) is 2.63. The first-order valence-electron chi connectivity index (χ1n) is 7.09. The molecule has 9 heteroatoms. The van der Waals surface area contributed by atoms with Crippen molar-refractivity contribution >= 4 is 23.0 Å². The SMILES string of the molecule is O.O=C1C2=CNc3ccccc3N2NN1c1ccc(C(F)(F)F)cc1. The first kappa shape index (κ1) is 16.8. The topological polar surface area (TPSA) is 79.1 Å². The van der Waals surface area contributed by atoms with Gasteiger partial charge < -0.3 is 10.8 Å². The van der Waals surface area contributed by atoms with Gasteiger partial charge in [0.05, 0.1) is 22.6 Å². The van der Waals surface area contributed by atoms with Gasteiger partial charge in [-0.05, 0) is 36.4 Å². The molecule has 0 unspecified atom stereocenters. The Labute approximate surface area is 140 Å². The molecule has 4 N–H and O–H groups in total. The molecule has 2 heterocycles. The lowest BCUT2D eigenvalue weighted by Crippen LogP contribution is -2.41. The molecular weight excluding hydrogens is 337 g/mol. The van der Waals surface area contributed by atoms with Crippen LogP contribution < -0.4 is 20.9 Å². The lowest BCUT2D eigenvalue weighted by atomic mass is 10.2. The van der Waals surface area contributed by atoms with Crippen molar-refractivity contribution in [3.63, 3.8) is 0 Å². The van der Waals surface area contributed by atoms with Gasteiger partial charge in [-0.1, -0.05) is 12.1 Å². The Balaban J connectivity index is 0.00000182. The number of carbonyl (C=O) groups excluding carboxylic acids is 1. The van der Waals surface area contributed by atoms with Gasteiger partial charge in [-0.3, -0.25) is 4.79 Å². The molecule has 2 aromatic carbocycles. The average Bonchev–Trinajstić information content (AvgIpc) is 2.92. The predicted molar refractivity (Wildman–Crippen MR) is 86.3 cm³/mol. The van der Waals surface area contributed by atoms with E-state index < -0.39 is 11.7 Å². The quantitative estimate of drug-likeness (QED) is 0.828. The molecule has 0 bridgehead atoms. The van der Waals surface area contributed by atoms with Gasteiger partial charge in [-0.2, -0.15) is 13.2 Å². The van der Waals surface area contributed by atoms with Crippen molar-refractivity contribution in [3.8, 4) is 0 Å². The molecule has 4 rings (SSSR count). The molecule has 1 amide bonds. The predicted octanol–water partition coefficient (Wildman–Crippen LogP) is 2.42. The van der Waals surface area contributed by atoms with Crippen molar-refractivity contribution in [1.29, 1.82) is 0 Å². The monoisotopic (exact) mass is 350 g/mol. The average molecular weight is 350 g/mol. The summed E-state index contributed by atoms with van der Waals surface area (Å²) >= 11 is 0. The molecule has 0 spiro atoms. The molecule has 130 valence electrons. The molecule has 2 aliphatic heterocycles. The van der Waals surface area contributed by atoms with Crippen LogP contribution in [0.15, 0.2) is 60.4 Å². The van der Waals surface area contributed by atoms with Crippen LogP contribution in [0, 0.1) is 0 Å². The zero-order chi connectivity index (χ0) is 16.9. The molecule has 2 aromatic rings. The minimum absolute atomic E-state index is 0. The minimum Gasteiger partial charge on any atom is -0.412 e. The molecule has 0 aromatic heterocycles. The molecule has 6 nitrogen and oxygen atoms in total. The highest BCUT2D eigenvalue weighted by Gasteiger charge is 2.38. The summed E-state index contributed by atoms with van der Waals surface area (Å²) in [6.07, 6.45) is -2.86. The Morgan fingerprint density at radius 3 is 2.28 bits per heavy atom. The van der Waals surface area contributed by atoms with Gasteiger partial charge in [0.15, 0.2) is 0 Å². The summed E-state index contributed by atoms with van der Waals surface area (Å²) in [5.74, 6) is -0.364. The van der Waals surface area contributed by atoms with E-state index in [2.05, 4.69) is 10.9 Å². The van der Waals surface area contributed by atoms with E-state index in [1.165, 1.54) is 17.1 Å². The number of hydrogen-bond acceptors (Lipinski definition) is 4. The maximum atomic E-state index is 12.7. The zero-order valence-corrected chi connectivity index (χ0v) is 12.6. The van der Waals surface area contributed by atoms with Crippen LogP contribution in [0.3, 0.4) is 0 Å². The van der Waals surface area contributed by atoms with E-state index in [4.69, 9.17) is 0 Å². The molecule has 1 saturated heterocycles. The second-order valence-corrected chi connectivity index (χ2v) is 5.31. The molecule has 25 heavy (non-hydrogen) atoms. The molecule has 0 saturated carbocycles. The summed E-state index contributed by atoms with van der Waals surface area (Å²) in [6.45, 7) is 0. The van der Waals surface area contributed by atoms with Crippen LogP contribution in [0.5, 0.6) is 0 Å². The third kappa shape index (κ3) is 2.69. The summed E-state index contributed by atoms with van der Waals surface area (Å²) in [4.78, 5) is 12.5. The number of amides is 1. The number of nitrogens with one attached hydrogen (secondary N) is 2. The third-order valence-corrected chi connectivity index (χ3v) is 3.83. The van der Waals surface area contributed by atoms with E-state index in [-0.39, 0.29) is 11.4 Å². The van der Waals surface area contributed by atoms with Crippen molar-refractivity contribution < 1.29 is 23.4 Å². The van der Waals surface area contributed by atoms with Crippen molar-refractivity contribution in [3.05, 3.63) is 66.0 Å². The first-order chi connectivity index (χ1) is 11.4. The highest BCUT2D eigenvalue weighted by Crippen LogP contribution is 2.36. The standard InChI is InChI=1S/C16H11F3N4O.H2O/c17-16(18,19)10-5-7-11(8-6-10)22-15(24)14-9-20-12-3-1-2-4-13(12)23(14)21-22;/h1-9,20-21H;1H2. The fourth-order valence-electron chi connectivity index (χ4n) is 2.63. The Hall–Kier alpha value is -3.04. The van der Waals surface area contributed by atoms with E-state index in [0.29, 0.717) is 11.4 Å². The summed E-state index contributed by atoms with van der Waals surface area (Å²) in [5.41, 5.74) is 4.38. The Morgan fingerprint density at radius 1 is 0.920 bits per heavy atom. The van der Waals surface area contributed by atoms with Crippen LogP contribution in [0.2, 0.25) is 0 Å². The highest BCUT2D eigenvalue weighted by atomic mass is 19.4. The maximum Gasteiger partial charge on any atom is 0.416 e. The number of halogens is 3. The Kier molecular flexibility index (Phi) is 3.90. The Morgan fingerprint density at radius 2 is 1.60 bits per heavy atom. The van der Waals surface area contributed by atoms with Crippen LogP contribution in [0.1, 0.15) is 5.56 Å². The Bertz CT molecular complexity index is 849. The van der Waals surface area contributed by atoms with Crippen molar-refractivity contribution in [2.24, 2.45) is 0 Å². The summed E-state index contributed by atoms with van der Waals surface area (Å²) < 4.78 is 38.0. The molecular formula is C16H13F3N4O2. The van der Waals surface area contributed by atoms with Gasteiger partial charge in [0.25, 0.3) is 5.91 Å². The zero-order valence-electron chi connectivity index (χ0n) is 12.6. The van der Waals surface area contributed by atoms with Crippen LogP contribution in [-0.4, -0.2) is 11.4 Å². The third-order valence-electron chi connectivity index (χ3n) is 3.83. The summed E-state index contributed by atoms with van der Waals surface area (Å²) in [7, 11) is 0. The molecule has 2 aliphatic rings. The number of anilines is 3. The second-order valence-electron chi connectivity index (χ2n) is 5.31. The maximum absolute atomic E-state index is 12.7. The van der Waals surface area contributed by atoms with Gasteiger partial charge in [0, 0.05) is 6.20 Å². The minimum atomic E-state index is -4.41. The number of benzene rings is 2. The number of hydrazine groups is 2. The van der Waals surface area contributed by atoms with Crippen molar-refractivity contribution in [2.75, 3.05) is 15.3 Å². The van der Waals surface area contributed by atoms with Crippen LogP contribution in [-0.2, 0) is 11.0 Å². The largest absolute Gasteiger partial charge is 0.416 e. The number of hydrogen-bond donors (Lipinski definition) is 2. The summed E-state index contributed by atoms with van der Waals surface area (Å²) in [6, 6.07) is 11.8. The molecule has 0 atom stereocenters. The molecule has 0 radical (unpaired) electrons. The molecule has 0 aliphatic carbocycles. The van der Waals surface area contributed by atoms with Crippen molar-refractivity contribution in [2.45, 2.75) is 6.18 Å². The normalized spacial score (nSPS) is 15.8. The highest BCUT2D eigenvalue weighted by molar-refractivity contribution is 6.11. The number of carbonyl (C=O) groups is 1. The summed E-state index contributed by atoms with van der Waals surface area (Å²) in [5, 5.41) is 5.82. The van der Waals surface area contributed by atoms with Gasteiger partial charge >= 0.3 is 6.18 Å². The fraction of sp³-hybridized carbons (Fsp3) is 0.0625. The van der Waals surface area contributed by atoms with Crippen LogP contribution in [0.25, 0.3) is 0 Å². The van der Waals surface area contributed by atoms with Gasteiger partial charge in [0.1, 0.15) is 5.70 Å². The number of nitrogens with zero attached hydrogens (tertiary/aromatic N) is 2. The van der Waals surface area contributed by atoms with Crippen LogP contribution >= 0.6 is 0 Å². The second kappa shape index (κ2) is 5.80. The van der Waals surface area contributed by atoms with Crippen LogP contribution in [0.4, 0.5) is 30.2 Å². The molecule has 1 fully saturated rings. The lowest BCUT2D eigenvalue weighted by Gasteiger charge is -2.25. The van der Waals surface area contributed by atoms with Gasteiger partial charge in [-0.15, -0.1) is 5.53 Å². The first-order valence-corrected chi connectivity index (χ1v) is 7.09. The van der Waals surface area contributed by atoms with E-state index >= 15 is 0 Å². The number of alkyl halides is 3. The van der Waals surface area contributed by atoms with E-state index in [0.717, 1.165) is 23.5 Å². The van der Waals surface area contributed by atoms with E-state index in [1.807, 2.05) is 24.3 Å². The van der Waals surface area contributed by atoms with Gasteiger partial charge in [0.2, 0.25) is 0 Å².